The lowest BCUT2D eigenvalue weighted by atomic mass is 10.2. The summed E-state index contributed by atoms with van der Waals surface area (Å²) in [6.45, 7) is 2.87. The lowest BCUT2D eigenvalue weighted by molar-refractivity contribution is 0.304. The van der Waals surface area contributed by atoms with Gasteiger partial charge in [-0.05, 0) is 18.6 Å². The van der Waals surface area contributed by atoms with E-state index in [-0.39, 0.29) is 0 Å². The summed E-state index contributed by atoms with van der Waals surface area (Å²) in [7, 11) is 1.61. The summed E-state index contributed by atoms with van der Waals surface area (Å²) in [4.78, 5) is 0.349. The first kappa shape index (κ1) is 13.8. The highest BCUT2D eigenvalue weighted by atomic mass is 32.1. The van der Waals surface area contributed by atoms with Gasteiger partial charge in [-0.25, -0.2) is 0 Å². The first-order valence-electron chi connectivity index (χ1n) is 5.79. The van der Waals surface area contributed by atoms with Gasteiger partial charge in [-0.15, -0.1) is 0 Å². The fourth-order valence-electron chi connectivity index (χ4n) is 1.46. The third kappa shape index (κ3) is 4.61. The van der Waals surface area contributed by atoms with Gasteiger partial charge in [0.15, 0.2) is 0 Å². The van der Waals surface area contributed by atoms with E-state index in [9.17, 15) is 0 Å². The van der Waals surface area contributed by atoms with Crippen molar-refractivity contribution in [1.82, 2.24) is 0 Å². The van der Waals surface area contributed by atoms with Gasteiger partial charge in [0, 0.05) is 11.6 Å². The van der Waals surface area contributed by atoms with Crippen molar-refractivity contribution in [2.24, 2.45) is 5.73 Å². The second-order valence-electron chi connectivity index (χ2n) is 3.82. The monoisotopic (exact) mass is 253 g/mol. The van der Waals surface area contributed by atoms with E-state index < -0.39 is 0 Å². The molecule has 4 heteroatoms. The highest BCUT2D eigenvalue weighted by molar-refractivity contribution is 7.80. The molecule has 0 aliphatic rings. The Hall–Kier alpha value is -1.29. The Kier molecular flexibility index (Phi) is 5.77. The van der Waals surface area contributed by atoms with Gasteiger partial charge in [-0.2, -0.15) is 0 Å². The molecule has 0 heterocycles. The Labute approximate surface area is 108 Å². The molecule has 1 aromatic carbocycles. The second-order valence-corrected chi connectivity index (χ2v) is 4.26. The lowest BCUT2D eigenvalue weighted by Crippen LogP contribution is -2.10. The average Bonchev–Trinajstić information content (AvgIpc) is 2.34. The normalized spacial score (nSPS) is 10.0. The summed E-state index contributed by atoms with van der Waals surface area (Å²) >= 11 is 4.95. The predicted octanol–water partition coefficient (Wildman–Crippen LogP) is 2.90. The topological polar surface area (TPSA) is 44.5 Å². The third-order valence-electron chi connectivity index (χ3n) is 2.42. The Balaban J connectivity index is 2.70. The van der Waals surface area contributed by atoms with Crippen LogP contribution in [0.1, 0.15) is 31.7 Å². The largest absolute Gasteiger partial charge is 0.497 e. The zero-order chi connectivity index (χ0) is 12.7. The van der Waals surface area contributed by atoms with E-state index in [1.807, 2.05) is 12.1 Å². The number of benzene rings is 1. The van der Waals surface area contributed by atoms with Crippen molar-refractivity contribution in [3.05, 3.63) is 23.8 Å². The van der Waals surface area contributed by atoms with Gasteiger partial charge in [0.2, 0.25) is 0 Å². The number of hydrogen-bond acceptors (Lipinski definition) is 3. The molecule has 0 aliphatic heterocycles. The molecule has 0 spiro atoms. The molecule has 0 fully saturated rings. The molecule has 94 valence electrons. The first-order valence-corrected chi connectivity index (χ1v) is 6.20. The highest BCUT2D eigenvalue weighted by Gasteiger charge is 2.04. The Morgan fingerprint density at radius 1 is 1.24 bits per heavy atom. The zero-order valence-corrected chi connectivity index (χ0v) is 11.2. The van der Waals surface area contributed by atoms with Crippen molar-refractivity contribution < 1.29 is 9.47 Å². The molecule has 1 aromatic rings. The van der Waals surface area contributed by atoms with Crippen molar-refractivity contribution in [3.63, 3.8) is 0 Å². The number of rotatable bonds is 7. The fraction of sp³-hybridized carbons (Fsp3) is 0.462. The van der Waals surface area contributed by atoms with Gasteiger partial charge in [-0.1, -0.05) is 32.0 Å². The van der Waals surface area contributed by atoms with Crippen LogP contribution < -0.4 is 15.2 Å². The number of methoxy groups -OCH3 is 1. The molecule has 0 saturated heterocycles. The third-order valence-corrected chi connectivity index (χ3v) is 2.65. The SMILES string of the molecule is CCCCCOc1cc(OC)cc(C(N)=S)c1. The van der Waals surface area contributed by atoms with Crippen LogP contribution in [0, 0.1) is 0 Å². The minimum absolute atomic E-state index is 0.349. The van der Waals surface area contributed by atoms with Crippen LogP contribution in [-0.4, -0.2) is 18.7 Å². The molecule has 2 N–H and O–H groups in total. The van der Waals surface area contributed by atoms with Crippen molar-refractivity contribution in [2.75, 3.05) is 13.7 Å². The van der Waals surface area contributed by atoms with Crippen molar-refractivity contribution in [2.45, 2.75) is 26.2 Å². The highest BCUT2D eigenvalue weighted by Crippen LogP contribution is 2.23. The molecular formula is C13H19NO2S. The fourth-order valence-corrected chi connectivity index (χ4v) is 1.58. The van der Waals surface area contributed by atoms with Crippen LogP contribution in [0.15, 0.2) is 18.2 Å². The summed E-state index contributed by atoms with van der Waals surface area (Å²) in [5.41, 5.74) is 6.37. The predicted molar refractivity (Wildman–Crippen MR) is 73.9 cm³/mol. The standard InChI is InChI=1S/C13H19NO2S/c1-3-4-5-6-16-12-8-10(13(14)17)7-11(9-12)15-2/h7-9H,3-6H2,1-2H3,(H2,14,17). The van der Waals surface area contributed by atoms with E-state index in [1.54, 1.807) is 13.2 Å². The molecule has 0 radical (unpaired) electrons. The van der Waals surface area contributed by atoms with E-state index in [0.717, 1.165) is 17.7 Å². The molecule has 0 bridgehead atoms. The van der Waals surface area contributed by atoms with E-state index in [0.29, 0.717) is 17.3 Å². The lowest BCUT2D eigenvalue weighted by Gasteiger charge is -2.10. The van der Waals surface area contributed by atoms with Crippen LogP contribution in [0.5, 0.6) is 11.5 Å². The number of unbranched alkanes of at least 4 members (excludes halogenated alkanes) is 2. The van der Waals surface area contributed by atoms with Gasteiger partial charge < -0.3 is 15.2 Å². The maximum absolute atomic E-state index is 5.65. The van der Waals surface area contributed by atoms with Crippen LogP contribution in [0.2, 0.25) is 0 Å². The molecule has 0 amide bonds. The quantitative estimate of drug-likeness (QED) is 0.599. The Bertz CT molecular complexity index is 380. The van der Waals surface area contributed by atoms with Crippen molar-refractivity contribution in [3.8, 4) is 11.5 Å². The maximum atomic E-state index is 5.65. The minimum Gasteiger partial charge on any atom is -0.497 e. The smallest absolute Gasteiger partial charge is 0.123 e. The number of thiocarbonyl (C=S) groups is 1. The minimum atomic E-state index is 0.349. The molecule has 1 rings (SSSR count). The van der Waals surface area contributed by atoms with E-state index >= 15 is 0 Å². The molecule has 0 atom stereocenters. The van der Waals surface area contributed by atoms with Crippen LogP contribution in [0.4, 0.5) is 0 Å². The zero-order valence-electron chi connectivity index (χ0n) is 10.4. The van der Waals surface area contributed by atoms with E-state index in [4.69, 9.17) is 27.4 Å². The summed E-state index contributed by atoms with van der Waals surface area (Å²) in [6, 6.07) is 5.49. The number of hydrogen-bond donors (Lipinski definition) is 1. The van der Waals surface area contributed by atoms with Crippen LogP contribution in [-0.2, 0) is 0 Å². The molecule has 3 nitrogen and oxygen atoms in total. The molecule has 0 unspecified atom stereocenters. The summed E-state index contributed by atoms with van der Waals surface area (Å²) < 4.78 is 10.8. The van der Waals surface area contributed by atoms with Gasteiger partial charge in [0.25, 0.3) is 0 Å². The Morgan fingerprint density at radius 2 is 1.94 bits per heavy atom. The van der Waals surface area contributed by atoms with Gasteiger partial charge >= 0.3 is 0 Å². The van der Waals surface area contributed by atoms with Crippen LogP contribution in [0.25, 0.3) is 0 Å². The summed E-state index contributed by atoms with van der Waals surface area (Å²) in [6.07, 6.45) is 3.40. The van der Waals surface area contributed by atoms with Gasteiger partial charge in [-0.3, -0.25) is 0 Å². The second kappa shape index (κ2) is 7.12. The molecule has 17 heavy (non-hydrogen) atoms. The number of nitrogens with two attached hydrogens (primary N) is 1. The van der Waals surface area contributed by atoms with Gasteiger partial charge in [0.1, 0.15) is 16.5 Å². The first-order chi connectivity index (χ1) is 8.17. The van der Waals surface area contributed by atoms with Crippen molar-refractivity contribution >= 4 is 17.2 Å². The van der Waals surface area contributed by atoms with Gasteiger partial charge in [0.05, 0.1) is 13.7 Å². The van der Waals surface area contributed by atoms with E-state index in [1.165, 1.54) is 12.8 Å². The molecule has 0 saturated carbocycles. The summed E-state index contributed by atoms with van der Waals surface area (Å²) in [5.74, 6) is 1.46. The van der Waals surface area contributed by atoms with Crippen LogP contribution in [0.3, 0.4) is 0 Å². The maximum Gasteiger partial charge on any atom is 0.123 e. The number of ether oxygens (including phenoxy) is 2. The van der Waals surface area contributed by atoms with Crippen LogP contribution >= 0.6 is 12.2 Å². The molecular weight excluding hydrogens is 234 g/mol. The average molecular weight is 253 g/mol. The van der Waals surface area contributed by atoms with Crippen molar-refractivity contribution in [1.29, 1.82) is 0 Å². The summed E-state index contributed by atoms with van der Waals surface area (Å²) in [5, 5.41) is 0. The van der Waals surface area contributed by atoms with E-state index in [2.05, 4.69) is 6.92 Å². The molecule has 0 aliphatic carbocycles. The Morgan fingerprint density at radius 3 is 2.53 bits per heavy atom. The molecule has 0 aromatic heterocycles.